The highest BCUT2D eigenvalue weighted by Gasteiger charge is 2.30. The number of rotatable bonds is 5. The number of aryl methyl sites for hydroxylation is 1. The minimum atomic E-state index is -0.322. The summed E-state index contributed by atoms with van der Waals surface area (Å²) in [6, 6.07) is 14.5. The predicted octanol–water partition coefficient (Wildman–Crippen LogP) is 4.24. The summed E-state index contributed by atoms with van der Waals surface area (Å²) in [6.45, 7) is 5.73. The quantitative estimate of drug-likeness (QED) is 0.626. The van der Waals surface area contributed by atoms with Crippen molar-refractivity contribution in [3.63, 3.8) is 0 Å². The molecule has 7 heteroatoms. The zero-order valence-electron chi connectivity index (χ0n) is 18.1. The second-order valence-electron chi connectivity index (χ2n) is 8.64. The van der Waals surface area contributed by atoms with Crippen molar-refractivity contribution < 1.29 is 14.2 Å². The Morgan fingerprint density at radius 2 is 1.94 bits per heavy atom. The van der Waals surface area contributed by atoms with Crippen LogP contribution in [0.3, 0.4) is 0 Å². The first-order chi connectivity index (χ1) is 15.6. The van der Waals surface area contributed by atoms with E-state index in [1.54, 1.807) is 36.4 Å². The van der Waals surface area contributed by atoms with Gasteiger partial charge in [-0.05, 0) is 61.7 Å². The summed E-state index contributed by atoms with van der Waals surface area (Å²) in [7, 11) is 0. The SMILES string of the molecule is Cc1cc(N[C@H]2CCCN(C3COC3)C2)nnc1-c1ccc(-c2ccccc2F)cc1O. The molecule has 0 saturated carbocycles. The fourth-order valence-electron chi connectivity index (χ4n) is 4.52. The van der Waals surface area contributed by atoms with E-state index in [1.165, 1.54) is 6.07 Å². The zero-order valence-corrected chi connectivity index (χ0v) is 18.1. The van der Waals surface area contributed by atoms with Gasteiger partial charge in [-0.2, -0.15) is 0 Å². The first kappa shape index (κ1) is 20.8. The van der Waals surface area contributed by atoms with E-state index in [-0.39, 0.29) is 11.6 Å². The molecule has 2 N–H and O–H groups in total. The number of nitrogens with zero attached hydrogens (tertiary/aromatic N) is 3. The van der Waals surface area contributed by atoms with Crippen LogP contribution >= 0.6 is 0 Å². The molecule has 0 aliphatic carbocycles. The van der Waals surface area contributed by atoms with Gasteiger partial charge in [0, 0.05) is 23.7 Å². The number of ether oxygens (including phenoxy) is 1. The van der Waals surface area contributed by atoms with Crippen LogP contribution in [0.4, 0.5) is 10.2 Å². The van der Waals surface area contributed by atoms with Crippen molar-refractivity contribution in [2.45, 2.75) is 31.8 Å². The van der Waals surface area contributed by atoms with Crippen LogP contribution in [0.1, 0.15) is 18.4 Å². The summed E-state index contributed by atoms with van der Waals surface area (Å²) in [5.74, 6) is 0.470. The number of nitrogens with one attached hydrogen (secondary N) is 1. The number of benzene rings is 2. The number of aromatic hydroxyl groups is 1. The fourth-order valence-corrected chi connectivity index (χ4v) is 4.52. The Morgan fingerprint density at radius 3 is 2.66 bits per heavy atom. The van der Waals surface area contributed by atoms with Gasteiger partial charge in [-0.15, -0.1) is 10.2 Å². The molecule has 32 heavy (non-hydrogen) atoms. The van der Waals surface area contributed by atoms with Gasteiger partial charge < -0.3 is 15.2 Å². The second kappa shape index (κ2) is 8.84. The highest BCUT2D eigenvalue weighted by atomic mass is 19.1. The number of anilines is 1. The standard InChI is InChI=1S/C25H27FN4O2/c1-16-11-24(27-18-5-4-10-30(13-18)19-14-32-15-19)28-29-25(16)21-9-8-17(12-23(21)31)20-6-2-3-7-22(20)26/h2-3,6-9,11-12,18-19,31H,4-5,10,13-15H2,1H3,(H,27,28)/t18-/m0/s1. The van der Waals surface area contributed by atoms with E-state index < -0.39 is 0 Å². The molecule has 0 unspecified atom stereocenters. The zero-order chi connectivity index (χ0) is 22.1. The lowest BCUT2D eigenvalue weighted by atomic mass is 9.99. The Hall–Kier alpha value is -3.03. The van der Waals surface area contributed by atoms with E-state index in [9.17, 15) is 9.50 Å². The average Bonchev–Trinajstić information content (AvgIpc) is 2.74. The van der Waals surface area contributed by atoms with Crippen LogP contribution in [-0.2, 0) is 4.74 Å². The van der Waals surface area contributed by atoms with E-state index in [1.807, 2.05) is 13.0 Å². The van der Waals surface area contributed by atoms with Gasteiger partial charge in [0.2, 0.25) is 0 Å². The third-order valence-electron chi connectivity index (χ3n) is 6.36. The molecular formula is C25H27FN4O2. The minimum absolute atomic E-state index is 0.0505. The van der Waals surface area contributed by atoms with Crippen molar-refractivity contribution >= 4 is 5.82 Å². The molecule has 0 spiro atoms. The highest BCUT2D eigenvalue weighted by molar-refractivity contribution is 5.76. The molecule has 1 aromatic heterocycles. The lowest BCUT2D eigenvalue weighted by Gasteiger charge is -2.42. The monoisotopic (exact) mass is 434 g/mol. The smallest absolute Gasteiger partial charge is 0.149 e. The molecule has 0 amide bonds. The van der Waals surface area contributed by atoms with E-state index in [2.05, 4.69) is 20.4 Å². The predicted molar refractivity (Wildman–Crippen MR) is 122 cm³/mol. The van der Waals surface area contributed by atoms with Crippen molar-refractivity contribution in [2.24, 2.45) is 0 Å². The van der Waals surface area contributed by atoms with Gasteiger partial charge in [-0.1, -0.05) is 24.3 Å². The molecule has 2 saturated heterocycles. The number of phenolic OH excluding ortho intramolecular Hbond substituents is 1. The number of piperidine rings is 1. The molecule has 1 atom stereocenters. The van der Waals surface area contributed by atoms with Crippen LogP contribution < -0.4 is 5.32 Å². The number of hydrogen-bond acceptors (Lipinski definition) is 6. The van der Waals surface area contributed by atoms with Crippen molar-refractivity contribution in [2.75, 3.05) is 31.6 Å². The second-order valence-corrected chi connectivity index (χ2v) is 8.64. The Bertz CT molecular complexity index is 1120. The molecule has 6 nitrogen and oxygen atoms in total. The first-order valence-corrected chi connectivity index (χ1v) is 11.1. The first-order valence-electron chi connectivity index (χ1n) is 11.1. The minimum Gasteiger partial charge on any atom is -0.507 e. The van der Waals surface area contributed by atoms with Gasteiger partial charge in [0.05, 0.1) is 24.9 Å². The Labute approximate surface area is 187 Å². The Kier molecular flexibility index (Phi) is 5.76. The molecule has 2 aliphatic heterocycles. The fraction of sp³-hybridized carbons (Fsp3) is 0.360. The van der Waals surface area contributed by atoms with Crippen LogP contribution in [0.2, 0.25) is 0 Å². The Morgan fingerprint density at radius 1 is 1.09 bits per heavy atom. The molecule has 0 bridgehead atoms. The van der Waals surface area contributed by atoms with Crippen molar-refractivity contribution in [1.82, 2.24) is 15.1 Å². The summed E-state index contributed by atoms with van der Waals surface area (Å²) in [6.07, 6.45) is 2.26. The van der Waals surface area contributed by atoms with Gasteiger partial charge in [-0.25, -0.2) is 4.39 Å². The lowest BCUT2D eigenvalue weighted by Crippen LogP contribution is -2.54. The molecule has 5 rings (SSSR count). The van der Waals surface area contributed by atoms with Crippen molar-refractivity contribution in [1.29, 1.82) is 0 Å². The van der Waals surface area contributed by atoms with E-state index >= 15 is 0 Å². The van der Waals surface area contributed by atoms with Gasteiger partial charge in [0.1, 0.15) is 17.4 Å². The van der Waals surface area contributed by atoms with Crippen LogP contribution in [0.15, 0.2) is 48.5 Å². The largest absolute Gasteiger partial charge is 0.507 e. The van der Waals surface area contributed by atoms with Crippen LogP contribution in [0.25, 0.3) is 22.4 Å². The maximum absolute atomic E-state index is 14.1. The third-order valence-corrected chi connectivity index (χ3v) is 6.36. The summed E-state index contributed by atoms with van der Waals surface area (Å²) < 4.78 is 19.4. The number of halogens is 1. The number of likely N-dealkylation sites (tertiary alicyclic amines) is 1. The molecule has 0 radical (unpaired) electrons. The van der Waals surface area contributed by atoms with Gasteiger partial charge in [0.15, 0.2) is 0 Å². The topological polar surface area (TPSA) is 70.5 Å². The van der Waals surface area contributed by atoms with Crippen LogP contribution in [0.5, 0.6) is 5.75 Å². The molecular weight excluding hydrogens is 407 g/mol. The van der Waals surface area contributed by atoms with Gasteiger partial charge >= 0.3 is 0 Å². The third kappa shape index (κ3) is 4.18. The number of hydrogen-bond donors (Lipinski definition) is 2. The van der Waals surface area contributed by atoms with E-state index in [4.69, 9.17) is 4.74 Å². The van der Waals surface area contributed by atoms with E-state index in [0.717, 1.165) is 50.5 Å². The molecule has 166 valence electrons. The number of aromatic nitrogens is 2. The average molecular weight is 435 g/mol. The summed E-state index contributed by atoms with van der Waals surface area (Å²) >= 11 is 0. The summed E-state index contributed by atoms with van der Waals surface area (Å²) in [4.78, 5) is 2.49. The van der Waals surface area contributed by atoms with E-state index in [0.29, 0.717) is 34.5 Å². The maximum atomic E-state index is 14.1. The van der Waals surface area contributed by atoms with Crippen molar-refractivity contribution in [3.8, 4) is 28.1 Å². The molecule has 3 aromatic rings. The van der Waals surface area contributed by atoms with Gasteiger partial charge in [0.25, 0.3) is 0 Å². The molecule has 2 aliphatic rings. The normalized spacial score (nSPS) is 19.5. The van der Waals surface area contributed by atoms with Gasteiger partial charge in [-0.3, -0.25) is 4.90 Å². The van der Waals surface area contributed by atoms with Crippen molar-refractivity contribution in [3.05, 3.63) is 59.9 Å². The number of phenols is 1. The maximum Gasteiger partial charge on any atom is 0.149 e. The van der Waals surface area contributed by atoms with Crippen LogP contribution in [-0.4, -0.2) is 58.6 Å². The summed E-state index contributed by atoms with van der Waals surface area (Å²) in [5, 5.41) is 22.9. The molecule has 3 heterocycles. The highest BCUT2D eigenvalue weighted by Crippen LogP contribution is 2.35. The molecule has 2 fully saturated rings. The molecule has 2 aromatic carbocycles. The summed E-state index contributed by atoms with van der Waals surface area (Å²) in [5.41, 5.74) is 3.18. The Balaban J connectivity index is 1.32. The lowest BCUT2D eigenvalue weighted by molar-refractivity contribution is -0.0710. The van der Waals surface area contributed by atoms with Crippen LogP contribution in [0, 0.1) is 12.7 Å².